The number of hydrazone groups is 1. The average Bonchev–Trinajstić information content (AvgIpc) is 3.46. The molecule has 0 aliphatic carbocycles. The summed E-state index contributed by atoms with van der Waals surface area (Å²) in [7, 11) is 0. The number of halogens is 1. The first-order valence-electron chi connectivity index (χ1n) is 10.6. The monoisotopic (exact) mass is 456 g/mol. The van der Waals surface area contributed by atoms with Crippen molar-refractivity contribution in [1.82, 2.24) is 14.8 Å². The van der Waals surface area contributed by atoms with E-state index in [2.05, 4.69) is 5.10 Å². The minimum atomic E-state index is -0.311. The van der Waals surface area contributed by atoms with Crippen molar-refractivity contribution in [2.45, 2.75) is 19.4 Å². The first-order chi connectivity index (χ1) is 16.0. The number of benzene rings is 3. The first-order valence-corrected chi connectivity index (χ1v) is 10.9. The van der Waals surface area contributed by atoms with Crippen LogP contribution in [0, 0.1) is 0 Å². The van der Waals surface area contributed by atoms with Crippen LogP contribution in [0.2, 0.25) is 5.02 Å². The van der Waals surface area contributed by atoms with Crippen LogP contribution in [0.5, 0.6) is 5.75 Å². The highest BCUT2D eigenvalue weighted by molar-refractivity contribution is 6.30. The van der Waals surface area contributed by atoms with Crippen LogP contribution in [-0.4, -0.2) is 31.5 Å². The molecule has 0 saturated heterocycles. The van der Waals surface area contributed by atoms with Gasteiger partial charge in [-0.05, 0) is 54.1 Å². The van der Waals surface area contributed by atoms with Crippen molar-refractivity contribution in [1.29, 1.82) is 0 Å². The second-order valence-corrected chi connectivity index (χ2v) is 8.33. The number of hydrogen-bond donors (Lipinski definition) is 1. The van der Waals surface area contributed by atoms with Gasteiger partial charge in [-0.25, -0.2) is 9.69 Å². The van der Waals surface area contributed by atoms with Crippen LogP contribution in [0.4, 0.5) is 0 Å². The van der Waals surface area contributed by atoms with E-state index in [0.29, 0.717) is 11.4 Å². The normalized spacial score (nSPS) is 15.5. The van der Waals surface area contributed by atoms with Gasteiger partial charge in [0.2, 0.25) is 5.91 Å². The molecule has 1 aliphatic heterocycles. The fraction of sp³-hybridized carbons (Fsp3) is 0.115. The third-order valence-electron chi connectivity index (χ3n) is 5.67. The van der Waals surface area contributed by atoms with Gasteiger partial charge in [-0.2, -0.15) is 10.2 Å². The van der Waals surface area contributed by atoms with E-state index in [0.717, 1.165) is 33.8 Å². The summed E-state index contributed by atoms with van der Waals surface area (Å²) in [5, 5.41) is 21.3. The second-order valence-electron chi connectivity index (χ2n) is 7.90. The van der Waals surface area contributed by atoms with Crippen LogP contribution >= 0.6 is 11.6 Å². The number of phenolic OH excluding ortho intramolecular Hbond substituents is 1. The van der Waals surface area contributed by atoms with E-state index in [1.807, 2.05) is 77.6 Å². The summed E-state index contributed by atoms with van der Waals surface area (Å²) in [4.78, 5) is 12.6. The maximum Gasteiger partial charge on any atom is 0.240 e. The molecule has 5 rings (SSSR count). The molecule has 1 N–H and O–H groups in total. The smallest absolute Gasteiger partial charge is 0.240 e. The lowest BCUT2D eigenvalue weighted by Crippen LogP contribution is -2.24. The van der Waals surface area contributed by atoms with Crippen LogP contribution in [0.25, 0.3) is 16.9 Å². The zero-order chi connectivity index (χ0) is 22.9. The largest absolute Gasteiger partial charge is 0.508 e. The summed E-state index contributed by atoms with van der Waals surface area (Å²) in [6, 6.07) is 23.9. The van der Waals surface area contributed by atoms with Crippen LogP contribution in [0.3, 0.4) is 0 Å². The standard InChI is InChI=1S/C26H21ClN4O2/c1-17(32)31-25(15-24(28-31)18-9-13-22(33)14-10-18)23-16-30(21-5-3-2-4-6-21)29-26(23)19-7-11-20(27)12-8-19/h2-14,16,25,33H,15H2,1H3/t25-/m0/s1. The van der Waals surface area contributed by atoms with E-state index in [9.17, 15) is 9.90 Å². The first kappa shape index (κ1) is 21.0. The molecule has 1 aliphatic rings. The van der Waals surface area contributed by atoms with Crippen molar-refractivity contribution < 1.29 is 9.90 Å². The molecule has 0 fully saturated rings. The van der Waals surface area contributed by atoms with Crippen LogP contribution in [-0.2, 0) is 4.79 Å². The van der Waals surface area contributed by atoms with Crippen molar-refractivity contribution in [2.75, 3.05) is 0 Å². The molecule has 4 aromatic rings. The number of aromatic hydroxyl groups is 1. The van der Waals surface area contributed by atoms with E-state index < -0.39 is 0 Å². The maximum absolute atomic E-state index is 12.6. The Kier molecular flexibility index (Phi) is 5.44. The van der Waals surface area contributed by atoms with Crippen LogP contribution in [0.1, 0.15) is 30.5 Å². The number of aromatic nitrogens is 2. The lowest BCUT2D eigenvalue weighted by Gasteiger charge is -2.20. The van der Waals surface area contributed by atoms with Gasteiger partial charge in [-0.15, -0.1) is 0 Å². The summed E-state index contributed by atoms with van der Waals surface area (Å²) < 4.78 is 1.83. The molecule has 1 aromatic heterocycles. The van der Waals surface area contributed by atoms with Crippen molar-refractivity contribution in [3.8, 4) is 22.7 Å². The van der Waals surface area contributed by atoms with Crippen molar-refractivity contribution in [3.63, 3.8) is 0 Å². The fourth-order valence-electron chi connectivity index (χ4n) is 4.05. The maximum atomic E-state index is 12.6. The summed E-state index contributed by atoms with van der Waals surface area (Å²) in [5.74, 6) is 0.0368. The molecule has 33 heavy (non-hydrogen) atoms. The number of carbonyl (C=O) groups is 1. The highest BCUT2D eigenvalue weighted by atomic mass is 35.5. The number of phenols is 1. The van der Waals surface area contributed by atoms with E-state index in [4.69, 9.17) is 16.7 Å². The van der Waals surface area contributed by atoms with Gasteiger partial charge in [0.1, 0.15) is 5.75 Å². The predicted octanol–water partition coefficient (Wildman–Crippen LogP) is 5.60. The molecule has 7 heteroatoms. The van der Waals surface area contributed by atoms with E-state index in [1.54, 1.807) is 12.1 Å². The Morgan fingerprint density at radius 3 is 2.30 bits per heavy atom. The minimum absolute atomic E-state index is 0.150. The van der Waals surface area contributed by atoms with Gasteiger partial charge in [0.25, 0.3) is 0 Å². The molecule has 0 bridgehead atoms. The molecule has 3 aromatic carbocycles. The number of para-hydroxylation sites is 1. The Labute approximate surface area is 196 Å². The lowest BCUT2D eigenvalue weighted by atomic mass is 9.96. The fourth-order valence-corrected chi connectivity index (χ4v) is 4.17. The van der Waals surface area contributed by atoms with E-state index in [-0.39, 0.29) is 17.7 Å². The summed E-state index contributed by atoms with van der Waals surface area (Å²) >= 11 is 6.12. The van der Waals surface area contributed by atoms with Gasteiger partial charge in [0, 0.05) is 35.7 Å². The Morgan fingerprint density at radius 1 is 0.970 bits per heavy atom. The van der Waals surface area contributed by atoms with Gasteiger partial charge < -0.3 is 5.11 Å². The topological polar surface area (TPSA) is 70.7 Å². The molecule has 164 valence electrons. The van der Waals surface area contributed by atoms with Gasteiger partial charge >= 0.3 is 0 Å². The number of carbonyl (C=O) groups excluding carboxylic acids is 1. The summed E-state index contributed by atoms with van der Waals surface area (Å²) in [6.45, 7) is 1.51. The van der Waals surface area contributed by atoms with Crippen LogP contribution in [0.15, 0.2) is 90.2 Å². The Morgan fingerprint density at radius 2 is 1.64 bits per heavy atom. The highest BCUT2D eigenvalue weighted by Crippen LogP contribution is 2.38. The number of nitrogens with zero attached hydrogens (tertiary/aromatic N) is 4. The summed E-state index contributed by atoms with van der Waals surface area (Å²) in [5.41, 5.74) is 5.15. The number of hydrogen-bond acceptors (Lipinski definition) is 4. The molecular formula is C26H21ClN4O2. The molecule has 1 atom stereocenters. The van der Waals surface area contributed by atoms with Crippen molar-refractivity contribution in [3.05, 3.63) is 101 Å². The minimum Gasteiger partial charge on any atom is -0.508 e. The Hall–Kier alpha value is -3.90. The van der Waals surface area contributed by atoms with Crippen molar-refractivity contribution in [2.24, 2.45) is 5.10 Å². The molecular weight excluding hydrogens is 436 g/mol. The third kappa shape index (κ3) is 4.13. The molecule has 0 unspecified atom stereocenters. The molecule has 0 radical (unpaired) electrons. The third-order valence-corrected chi connectivity index (χ3v) is 5.93. The highest BCUT2D eigenvalue weighted by Gasteiger charge is 2.34. The number of rotatable bonds is 4. The van der Waals surface area contributed by atoms with Gasteiger partial charge in [-0.1, -0.05) is 41.9 Å². The van der Waals surface area contributed by atoms with Gasteiger partial charge in [-0.3, -0.25) is 4.79 Å². The molecule has 6 nitrogen and oxygen atoms in total. The van der Waals surface area contributed by atoms with E-state index >= 15 is 0 Å². The molecule has 2 heterocycles. The average molecular weight is 457 g/mol. The quantitative estimate of drug-likeness (QED) is 0.434. The molecule has 0 saturated carbocycles. The Bertz CT molecular complexity index is 1330. The zero-order valence-corrected chi connectivity index (χ0v) is 18.6. The zero-order valence-electron chi connectivity index (χ0n) is 17.9. The second kappa shape index (κ2) is 8.56. The summed E-state index contributed by atoms with van der Waals surface area (Å²) in [6.07, 6.45) is 2.50. The van der Waals surface area contributed by atoms with Gasteiger partial charge in [0.05, 0.1) is 23.1 Å². The van der Waals surface area contributed by atoms with E-state index in [1.165, 1.54) is 11.9 Å². The molecule has 0 spiro atoms. The SMILES string of the molecule is CC(=O)N1N=C(c2ccc(O)cc2)C[C@H]1c1cn(-c2ccccc2)nc1-c1ccc(Cl)cc1. The molecule has 1 amide bonds. The van der Waals surface area contributed by atoms with Gasteiger partial charge in [0.15, 0.2) is 0 Å². The lowest BCUT2D eigenvalue weighted by molar-refractivity contribution is -0.130. The van der Waals surface area contributed by atoms with Crippen molar-refractivity contribution >= 4 is 23.2 Å². The Balaban J connectivity index is 1.61. The van der Waals surface area contributed by atoms with Crippen LogP contribution < -0.4 is 0 Å². The predicted molar refractivity (Wildman–Crippen MR) is 129 cm³/mol. The number of amides is 1.